The Kier molecular flexibility index (Phi) is 2.53. The molecule has 1 aliphatic heterocycles. The molecule has 84 valence electrons. The van der Waals surface area contributed by atoms with Crippen LogP contribution in [0, 0.1) is 0 Å². The molecule has 0 aromatic carbocycles. The molecule has 0 spiro atoms. The molecule has 0 N–H and O–H groups in total. The van der Waals surface area contributed by atoms with Gasteiger partial charge in [0.1, 0.15) is 17.1 Å². The molecule has 0 saturated carbocycles. The van der Waals surface area contributed by atoms with Crippen molar-refractivity contribution in [3.05, 3.63) is 23.7 Å². The van der Waals surface area contributed by atoms with Crippen molar-refractivity contribution in [3.8, 4) is 0 Å². The van der Waals surface area contributed by atoms with Crippen molar-refractivity contribution in [1.82, 2.24) is 14.5 Å². The van der Waals surface area contributed by atoms with Crippen molar-refractivity contribution in [2.24, 2.45) is 0 Å². The lowest BCUT2D eigenvalue weighted by Gasteiger charge is -2.23. The van der Waals surface area contributed by atoms with Crippen LogP contribution >= 0.6 is 11.6 Å². The molecule has 2 aromatic heterocycles. The Morgan fingerprint density at radius 3 is 2.94 bits per heavy atom. The Hall–Kier alpha value is -1.13. The van der Waals surface area contributed by atoms with Gasteiger partial charge in [-0.15, -0.1) is 0 Å². The van der Waals surface area contributed by atoms with Gasteiger partial charge in [-0.3, -0.25) is 0 Å². The van der Waals surface area contributed by atoms with E-state index >= 15 is 0 Å². The molecule has 0 radical (unpaired) electrons. The van der Waals surface area contributed by atoms with E-state index in [1.165, 1.54) is 6.33 Å². The van der Waals surface area contributed by atoms with Gasteiger partial charge in [0.25, 0.3) is 0 Å². The van der Waals surface area contributed by atoms with Gasteiger partial charge in [0.05, 0.1) is 5.39 Å². The molecule has 0 atom stereocenters. The van der Waals surface area contributed by atoms with Crippen LogP contribution in [0.5, 0.6) is 0 Å². The Labute approximate surface area is 98.2 Å². The molecule has 5 heteroatoms. The third kappa shape index (κ3) is 1.58. The highest BCUT2D eigenvalue weighted by molar-refractivity contribution is 6.33. The first-order valence-corrected chi connectivity index (χ1v) is 5.79. The first-order chi connectivity index (χ1) is 7.86. The van der Waals surface area contributed by atoms with Gasteiger partial charge in [-0.25, -0.2) is 9.97 Å². The number of aromatic nitrogens is 3. The van der Waals surface area contributed by atoms with Crippen LogP contribution in [0.2, 0.25) is 5.15 Å². The van der Waals surface area contributed by atoms with Gasteiger partial charge < -0.3 is 9.30 Å². The Morgan fingerprint density at radius 1 is 1.31 bits per heavy atom. The quantitative estimate of drug-likeness (QED) is 0.716. The van der Waals surface area contributed by atoms with Gasteiger partial charge in [-0.2, -0.15) is 0 Å². The summed E-state index contributed by atoms with van der Waals surface area (Å²) >= 11 is 6.02. The number of hydrogen-bond acceptors (Lipinski definition) is 3. The summed E-state index contributed by atoms with van der Waals surface area (Å²) in [5.74, 6) is 0. The molecule has 1 aliphatic rings. The lowest BCUT2D eigenvalue weighted by Crippen LogP contribution is -2.19. The normalized spacial score (nSPS) is 18.1. The van der Waals surface area contributed by atoms with Gasteiger partial charge in [-0.05, 0) is 18.9 Å². The van der Waals surface area contributed by atoms with E-state index in [1.807, 2.05) is 12.3 Å². The van der Waals surface area contributed by atoms with Crippen molar-refractivity contribution in [2.75, 3.05) is 13.2 Å². The second kappa shape index (κ2) is 4.03. The van der Waals surface area contributed by atoms with E-state index in [-0.39, 0.29) is 0 Å². The monoisotopic (exact) mass is 237 g/mol. The molecule has 4 nitrogen and oxygen atoms in total. The number of nitrogens with zero attached hydrogens (tertiary/aromatic N) is 3. The van der Waals surface area contributed by atoms with Gasteiger partial charge in [0.15, 0.2) is 0 Å². The second-order valence-corrected chi connectivity index (χ2v) is 4.33. The van der Waals surface area contributed by atoms with Crippen LogP contribution in [0.1, 0.15) is 18.9 Å². The van der Waals surface area contributed by atoms with Crippen molar-refractivity contribution in [1.29, 1.82) is 0 Å². The third-order valence-electron chi connectivity index (χ3n) is 3.04. The molecular weight excluding hydrogens is 226 g/mol. The summed E-state index contributed by atoms with van der Waals surface area (Å²) in [6.07, 6.45) is 5.62. The van der Waals surface area contributed by atoms with E-state index in [4.69, 9.17) is 16.3 Å². The molecule has 1 fully saturated rings. The molecule has 0 aliphatic carbocycles. The SMILES string of the molecule is Clc1ncnc2c1ccn2C1CCOCC1. The minimum Gasteiger partial charge on any atom is -0.381 e. The number of hydrogen-bond donors (Lipinski definition) is 0. The number of rotatable bonds is 1. The maximum absolute atomic E-state index is 6.02. The van der Waals surface area contributed by atoms with E-state index < -0.39 is 0 Å². The van der Waals surface area contributed by atoms with Gasteiger partial charge in [0.2, 0.25) is 0 Å². The maximum atomic E-state index is 6.02. The summed E-state index contributed by atoms with van der Waals surface area (Å²) in [6.45, 7) is 1.65. The first-order valence-electron chi connectivity index (χ1n) is 5.41. The summed E-state index contributed by atoms with van der Waals surface area (Å²) in [4.78, 5) is 8.29. The molecule has 16 heavy (non-hydrogen) atoms. The zero-order valence-corrected chi connectivity index (χ0v) is 9.52. The maximum Gasteiger partial charge on any atom is 0.145 e. The van der Waals surface area contributed by atoms with Crippen molar-refractivity contribution < 1.29 is 4.74 Å². The summed E-state index contributed by atoms with van der Waals surface area (Å²) < 4.78 is 7.55. The average molecular weight is 238 g/mol. The van der Waals surface area contributed by atoms with Crippen LogP contribution in [-0.4, -0.2) is 27.7 Å². The summed E-state index contributed by atoms with van der Waals surface area (Å²) in [5, 5.41) is 1.45. The van der Waals surface area contributed by atoms with Crippen LogP contribution in [0.15, 0.2) is 18.6 Å². The van der Waals surface area contributed by atoms with Crippen LogP contribution < -0.4 is 0 Å². The Bertz CT molecular complexity index is 505. The topological polar surface area (TPSA) is 39.9 Å². The predicted octanol–water partition coefficient (Wildman–Crippen LogP) is 2.44. The van der Waals surface area contributed by atoms with E-state index in [1.54, 1.807) is 0 Å². The first kappa shape index (κ1) is 10.1. The Morgan fingerprint density at radius 2 is 2.12 bits per heavy atom. The van der Waals surface area contributed by atoms with Crippen molar-refractivity contribution >= 4 is 22.6 Å². The minimum absolute atomic E-state index is 0.470. The third-order valence-corrected chi connectivity index (χ3v) is 3.35. The molecule has 2 aromatic rings. The predicted molar refractivity (Wildman–Crippen MR) is 61.6 cm³/mol. The van der Waals surface area contributed by atoms with Crippen LogP contribution in [0.4, 0.5) is 0 Å². The highest BCUT2D eigenvalue weighted by atomic mass is 35.5. The van der Waals surface area contributed by atoms with Crippen molar-refractivity contribution in [2.45, 2.75) is 18.9 Å². The highest BCUT2D eigenvalue weighted by Crippen LogP contribution is 2.27. The molecule has 0 unspecified atom stereocenters. The fraction of sp³-hybridized carbons (Fsp3) is 0.455. The summed E-state index contributed by atoms with van der Waals surface area (Å²) in [7, 11) is 0. The van der Waals surface area contributed by atoms with Crippen LogP contribution in [0.25, 0.3) is 11.0 Å². The van der Waals surface area contributed by atoms with Crippen LogP contribution in [-0.2, 0) is 4.74 Å². The lowest BCUT2D eigenvalue weighted by atomic mass is 10.1. The van der Waals surface area contributed by atoms with Gasteiger partial charge in [-0.1, -0.05) is 11.6 Å². The zero-order chi connectivity index (χ0) is 11.0. The molecular formula is C11H12ClN3O. The standard InChI is InChI=1S/C11H12ClN3O/c12-10-9-1-4-15(11(9)14-7-13-10)8-2-5-16-6-3-8/h1,4,7-8H,2-3,5-6H2. The lowest BCUT2D eigenvalue weighted by molar-refractivity contribution is 0.0706. The fourth-order valence-electron chi connectivity index (χ4n) is 2.20. The largest absolute Gasteiger partial charge is 0.381 e. The number of ether oxygens (including phenoxy) is 1. The zero-order valence-electron chi connectivity index (χ0n) is 8.77. The van der Waals surface area contributed by atoms with Gasteiger partial charge in [0, 0.05) is 25.5 Å². The number of fused-ring (bicyclic) bond motifs is 1. The van der Waals surface area contributed by atoms with Crippen LogP contribution in [0.3, 0.4) is 0 Å². The number of halogens is 1. The van der Waals surface area contributed by atoms with Crippen molar-refractivity contribution in [3.63, 3.8) is 0 Å². The summed E-state index contributed by atoms with van der Waals surface area (Å²) in [6, 6.07) is 2.45. The fourth-order valence-corrected chi connectivity index (χ4v) is 2.39. The highest BCUT2D eigenvalue weighted by Gasteiger charge is 2.18. The molecule has 0 amide bonds. The minimum atomic E-state index is 0.470. The Balaban J connectivity index is 2.06. The molecule has 3 rings (SSSR count). The summed E-state index contributed by atoms with van der Waals surface area (Å²) in [5.41, 5.74) is 0.923. The van der Waals surface area contributed by atoms with E-state index in [0.29, 0.717) is 11.2 Å². The van der Waals surface area contributed by atoms with Gasteiger partial charge >= 0.3 is 0 Å². The molecule has 1 saturated heterocycles. The average Bonchev–Trinajstić information content (AvgIpc) is 2.75. The molecule has 0 bridgehead atoms. The van der Waals surface area contributed by atoms with E-state index in [0.717, 1.165) is 37.1 Å². The van der Waals surface area contributed by atoms with E-state index in [2.05, 4.69) is 14.5 Å². The second-order valence-electron chi connectivity index (χ2n) is 3.97. The smallest absolute Gasteiger partial charge is 0.145 e. The van der Waals surface area contributed by atoms with E-state index in [9.17, 15) is 0 Å². The molecule has 3 heterocycles.